The van der Waals surface area contributed by atoms with Crippen LogP contribution in [0, 0.1) is 0 Å². The molecule has 6 nitrogen and oxygen atoms in total. The van der Waals surface area contributed by atoms with E-state index in [0.717, 1.165) is 18.1 Å². The summed E-state index contributed by atoms with van der Waals surface area (Å²) in [6.07, 6.45) is 2.63. The van der Waals surface area contributed by atoms with E-state index in [0.29, 0.717) is 17.1 Å². The quantitative estimate of drug-likeness (QED) is 0.412. The van der Waals surface area contributed by atoms with E-state index in [1.807, 2.05) is 10.6 Å². The largest absolute Gasteiger partial charge is 0.493 e. The summed E-state index contributed by atoms with van der Waals surface area (Å²) in [6, 6.07) is 9.33. The van der Waals surface area contributed by atoms with Crippen LogP contribution in [-0.2, 0) is 13.0 Å². The molecule has 0 unspecified atom stereocenters. The van der Waals surface area contributed by atoms with Crippen molar-refractivity contribution in [3.63, 3.8) is 0 Å². The van der Waals surface area contributed by atoms with Crippen LogP contribution in [0.5, 0.6) is 11.5 Å². The molecular weight excluding hydrogens is 370 g/mol. The Bertz CT molecular complexity index is 862. The SMILES string of the molecule is COc1ccc(C(=O)CSc2nncn2CCc2cccs2)cc1OC. The predicted molar refractivity (Wildman–Crippen MR) is 103 cm³/mol. The van der Waals surface area contributed by atoms with Gasteiger partial charge in [0.05, 0.1) is 20.0 Å². The summed E-state index contributed by atoms with van der Waals surface area (Å²) in [6.45, 7) is 0.792. The average molecular weight is 390 g/mol. The van der Waals surface area contributed by atoms with E-state index in [4.69, 9.17) is 9.47 Å². The van der Waals surface area contributed by atoms with Gasteiger partial charge in [0, 0.05) is 17.0 Å². The maximum absolute atomic E-state index is 12.5. The molecule has 1 aromatic carbocycles. The van der Waals surface area contributed by atoms with Gasteiger partial charge in [0.2, 0.25) is 0 Å². The zero-order chi connectivity index (χ0) is 18.4. The number of thiophene rings is 1. The number of nitrogens with zero attached hydrogens (tertiary/aromatic N) is 3. The zero-order valence-corrected chi connectivity index (χ0v) is 16.2. The van der Waals surface area contributed by atoms with E-state index in [2.05, 4.69) is 21.6 Å². The van der Waals surface area contributed by atoms with Crippen LogP contribution in [0.2, 0.25) is 0 Å². The molecule has 0 spiro atoms. The Morgan fingerprint density at radius 3 is 2.81 bits per heavy atom. The summed E-state index contributed by atoms with van der Waals surface area (Å²) in [5.74, 6) is 1.43. The first-order valence-corrected chi connectivity index (χ1v) is 9.86. The molecule has 0 N–H and O–H groups in total. The minimum absolute atomic E-state index is 0.00348. The molecule has 0 bridgehead atoms. The molecule has 0 saturated heterocycles. The van der Waals surface area contributed by atoms with Gasteiger partial charge in [0.15, 0.2) is 22.4 Å². The lowest BCUT2D eigenvalue weighted by molar-refractivity contribution is 0.102. The first-order valence-electron chi connectivity index (χ1n) is 7.99. The Hall–Kier alpha value is -2.32. The molecule has 0 amide bonds. The van der Waals surface area contributed by atoms with Crippen LogP contribution < -0.4 is 9.47 Å². The molecule has 136 valence electrons. The number of ketones is 1. The molecule has 0 saturated carbocycles. The number of Topliss-reactive ketones (excluding diaryl/α,β-unsaturated/α-hetero) is 1. The highest BCUT2D eigenvalue weighted by Gasteiger charge is 2.13. The summed E-state index contributed by atoms with van der Waals surface area (Å²) in [5.41, 5.74) is 0.583. The highest BCUT2D eigenvalue weighted by Crippen LogP contribution is 2.28. The fourth-order valence-electron chi connectivity index (χ4n) is 2.42. The van der Waals surface area contributed by atoms with Gasteiger partial charge in [-0.15, -0.1) is 21.5 Å². The van der Waals surface area contributed by atoms with Gasteiger partial charge in [-0.2, -0.15) is 0 Å². The fraction of sp³-hybridized carbons (Fsp3) is 0.278. The van der Waals surface area contributed by atoms with Crippen molar-refractivity contribution in [1.29, 1.82) is 0 Å². The van der Waals surface area contributed by atoms with Crippen molar-refractivity contribution >= 4 is 28.9 Å². The number of thioether (sulfide) groups is 1. The van der Waals surface area contributed by atoms with E-state index >= 15 is 0 Å². The van der Waals surface area contributed by atoms with Crippen LogP contribution >= 0.6 is 23.1 Å². The number of hydrogen-bond acceptors (Lipinski definition) is 7. The van der Waals surface area contributed by atoms with Gasteiger partial charge in [-0.25, -0.2) is 0 Å². The Labute approximate surface area is 160 Å². The van der Waals surface area contributed by atoms with Crippen LogP contribution in [0.15, 0.2) is 47.2 Å². The number of ether oxygens (including phenoxy) is 2. The first-order chi connectivity index (χ1) is 12.7. The van der Waals surface area contributed by atoms with E-state index in [1.54, 1.807) is 50.1 Å². The first kappa shape index (κ1) is 18.5. The van der Waals surface area contributed by atoms with Crippen molar-refractivity contribution in [2.75, 3.05) is 20.0 Å². The second-order valence-corrected chi connectivity index (χ2v) is 7.39. The van der Waals surface area contributed by atoms with Gasteiger partial charge >= 0.3 is 0 Å². The normalized spacial score (nSPS) is 10.7. The summed E-state index contributed by atoms with van der Waals surface area (Å²) in [7, 11) is 3.12. The molecule has 3 aromatic rings. The summed E-state index contributed by atoms with van der Waals surface area (Å²) in [5, 5.41) is 10.9. The number of rotatable bonds is 9. The molecule has 2 aromatic heterocycles. The van der Waals surface area contributed by atoms with Crippen molar-refractivity contribution in [3.8, 4) is 11.5 Å². The highest BCUT2D eigenvalue weighted by molar-refractivity contribution is 7.99. The number of aromatic nitrogens is 3. The van der Waals surface area contributed by atoms with E-state index in [1.165, 1.54) is 16.6 Å². The van der Waals surface area contributed by atoms with Crippen molar-refractivity contribution < 1.29 is 14.3 Å². The minimum Gasteiger partial charge on any atom is -0.493 e. The van der Waals surface area contributed by atoms with Gasteiger partial charge in [0.1, 0.15) is 6.33 Å². The zero-order valence-electron chi connectivity index (χ0n) is 14.5. The number of hydrogen-bond donors (Lipinski definition) is 0. The lowest BCUT2D eigenvalue weighted by Gasteiger charge is -2.09. The van der Waals surface area contributed by atoms with Crippen LogP contribution in [0.4, 0.5) is 0 Å². The maximum atomic E-state index is 12.5. The summed E-state index contributed by atoms with van der Waals surface area (Å²) in [4.78, 5) is 13.8. The molecule has 0 radical (unpaired) electrons. The van der Waals surface area contributed by atoms with Crippen LogP contribution in [0.3, 0.4) is 0 Å². The number of carbonyl (C=O) groups excluding carboxylic acids is 1. The highest BCUT2D eigenvalue weighted by atomic mass is 32.2. The van der Waals surface area contributed by atoms with E-state index in [-0.39, 0.29) is 11.5 Å². The number of methoxy groups -OCH3 is 2. The molecule has 2 heterocycles. The van der Waals surface area contributed by atoms with Crippen molar-refractivity contribution in [2.24, 2.45) is 0 Å². The van der Waals surface area contributed by atoms with Crippen LogP contribution in [-0.4, -0.2) is 40.5 Å². The van der Waals surface area contributed by atoms with E-state index in [9.17, 15) is 4.79 Å². The number of aryl methyl sites for hydroxylation is 2. The minimum atomic E-state index is 0.00348. The number of carbonyl (C=O) groups is 1. The molecule has 0 fully saturated rings. The lowest BCUT2D eigenvalue weighted by Crippen LogP contribution is -2.06. The molecule has 0 atom stereocenters. The Morgan fingerprint density at radius 1 is 1.23 bits per heavy atom. The standard InChI is InChI=1S/C18H19N3O3S2/c1-23-16-6-5-13(10-17(16)24-2)15(22)11-26-18-20-19-12-21(18)8-7-14-4-3-9-25-14/h3-6,9-10,12H,7-8,11H2,1-2H3. The fourth-order valence-corrected chi connectivity index (χ4v) is 3.95. The Balaban J connectivity index is 1.60. The molecule has 0 aliphatic heterocycles. The average Bonchev–Trinajstić information content (AvgIpc) is 3.35. The molecule has 8 heteroatoms. The number of benzene rings is 1. The van der Waals surface area contributed by atoms with Crippen LogP contribution in [0.25, 0.3) is 0 Å². The molecule has 0 aliphatic carbocycles. The van der Waals surface area contributed by atoms with Gasteiger partial charge in [0.25, 0.3) is 0 Å². The van der Waals surface area contributed by atoms with E-state index < -0.39 is 0 Å². The van der Waals surface area contributed by atoms with Crippen molar-refractivity contribution in [1.82, 2.24) is 14.8 Å². The third kappa shape index (κ3) is 4.44. The van der Waals surface area contributed by atoms with Crippen molar-refractivity contribution in [3.05, 3.63) is 52.5 Å². The van der Waals surface area contributed by atoms with Gasteiger partial charge < -0.3 is 14.0 Å². The Morgan fingerprint density at radius 2 is 2.08 bits per heavy atom. The second-order valence-electron chi connectivity index (χ2n) is 5.42. The molecule has 26 heavy (non-hydrogen) atoms. The smallest absolute Gasteiger partial charge is 0.191 e. The lowest BCUT2D eigenvalue weighted by atomic mass is 10.1. The maximum Gasteiger partial charge on any atom is 0.191 e. The Kier molecular flexibility index (Phi) is 6.30. The molecule has 3 rings (SSSR count). The predicted octanol–water partition coefficient (Wildman–Crippen LogP) is 3.57. The second kappa shape index (κ2) is 8.86. The molecule has 0 aliphatic rings. The topological polar surface area (TPSA) is 66.2 Å². The molecular formula is C18H19N3O3S2. The third-order valence-electron chi connectivity index (χ3n) is 3.80. The third-order valence-corrected chi connectivity index (χ3v) is 5.71. The van der Waals surface area contributed by atoms with Gasteiger partial charge in [-0.3, -0.25) is 4.79 Å². The van der Waals surface area contributed by atoms with Gasteiger partial charge in [-0.05, 0) is 36.1 Å². The van der Waals surface area contributed by atoms with Crippen molar-refractivity contribution in [2.45, 2.75) is 18.1 Å². The van der Waals surface area contributed by atoms with Gasteiger partial charge in [-0.1, -0.05) is 17.8 Å². The van der Waals surface area contributed by atoms with Crippen LogP contribution in [0.1, 0.15) is 15.2 Å². The monoisotopic (exact) mass is 389 g/mol. The summed E-state index contributed by atoms with van der Waals surface area (Å²) < 4.78 is 12.4. The summed E-state index contributed by atoms with van der Waals surface area (Å²) >= 11 is 3.12.